The Hall–Kier alpha value is -5.04. The molecular formula is C42H43N7O4S. The van der Waals surface area contributed by atoms with E-state index in [1.807, 2.05) is 61.5 Å². The zero-order valence-corrected chi connectivity index (χ0v) is 31.5. The zero-order chi connectivity index (χ0) is 37.5. The van der Waals surface area contributed by atoms with E-state index in [0.29, 0.717) is 46.1 Å². The maximum Gasteiger partial charge on any atom is 0.355 e. The first-order valence-corrected chi connectivity index (χ1v) is 19.4. The lowest BCUT2D eigenvalue weighted by Gasteiger charge is -2.69. The highest BCUT2D eigenvalue weighted by atomic mass is 32.1. The molecule has 4 N–H and O–H groups in total. The first kappa shape index (κ1) is 34.7. The standard InChI is InChI=1S/C42H43N7O4S/c1-25-30(17-45-49(25)24-41-19-39(2)18-40(3,20-41)22-42(21-39,23-41)53-13-12-43)28-10-11-32(46-35(28)37(51)52)26-8-9-27-15-44-16-31(29(27)14-26)36(50)48-38-47-33-6-4-5-7-34(33)54-38/h4-11,14-17H,12-13,18-24,43H2,1-3H3,(H,51,52)(H,47,48,50). The Morgan fingerprint density at radius 2 is 1.74 bits per heavy atom. The van der Waals surface area contributed by atoms with Crippen molar-refractivity contribution in [2.45, 2.75) is 71.4 Å². The Bertz CT molecular complexity index is 2440. The number of pyridine rings is 2. The number of carboxylic acid groups (broad SMARTS) is 1. The molecule has 54 heavy (non-hydrogen) atoms. The van der Waals surface area contributed by atoms with Gasteiger partial charge in [0.05, 0.1) is 39.9 Å². The lowest BCUT2D eigenvalue weighted by atomic mass is 9.39. The fraction of sp³-hybridized carbons (Fsp3) is 0.381. The third-order valence-electron chi connectivity index (χ3n) is 12.0. The number of aromatic nitrogens is 5. The Morgan fingerprint density at radius 1 is 0.944 bits per heavy atom. The van der Waals surface area contributed by atoms with Crippen molar-refractivity contribution in [2.24, 2.45) is 22.0 Å². The molecule has 11 nitrogen and oxygen atoms in total. The number of benzene rings is 2. The number of aromatic carboxylic acids is 1. The van der Waals surface area contributed by atoms with E-state index in [1.165, 1.54) is 24.0 Å². The van der Waals surface area contributed by atoms with Gasteiger partial charge in [0, 0.05) is 53.3 Å². The number of nitrogens with one attached hydrogen (secondary N) is 1. The fourth-order valence-electron chi connectivity index (χ4n) is 11.2. The van der Waals surface area contributed by atoms with E-state index in [4.69, 9.17) is 20.6 Å². The number of anilines is 1. The molecule has 12 heteroatoms. The number of thiazole rings is 1. The number of hydrogen-bond donors (Lipinski definition) is 3. The van der Waals surface area contributed by atoms with Crippen LogP contribution in [0.2, 0.25) is 0 Å². The predicted molar refractivity (Wildman–Crippen MR) is 210 cm³/mol. The second-order valence-corrected chi connectivity index (χ2v) is 17.8. The first-order valence-electron chi connectivity index (χ1n) is 18.5. The van der Waals surface area contributed by atoms with Gasteiger partial charge in [-0.2, -0.15) is 5.10 Å². The average molecular weight is 742 g/mol. The van der Waals surface area contributed by atoms with Gasteiger partial charge in [0.2, 0.25) is 0 Å². The molecule has 4 fully saturated rings. The van der Waals surface area contributed by atoms with Crippen LogP contribution < -0.4 is 11.1 Å². The second-order valence-electron chi connectivity index (χ2n) is 16.8. The molecule has 4 heterocycles. The van der Waals surface area contributed by atoms with Gasteiger partial charge in [-0.3, -0.25) is 19.8 Å². The Balaban J connectivity index is 1.01. The number of nitrogens with two attached hydrogens (primary N) is 1. The highest BCUT2D eigenvalue weighted by Gasteiger charge is 2.66. The van der Waals surface area contributed by atoms with Gasteiger partial charge in [-0.25, -0.2) is 14.8 Å². The summed E-state index contributed by atoms with van der Waals surface area (Å²) in [6.45, 7) is 8.73. The highest BCUT2D eigenvalue weighted by molar-refractivity contribution is 7.22. The molecule has 276 valence electrons. The number of carbonyl (C=O) groups is 2. The Morgan fingerprint density at radius 3 is 2.50 bits per heavy atom. The van der Waals surface area contributed by atoms with Crippen LogP contribution in [0, 0.1) is 23.2 Å². The number of amides is 1. The monoisotopic (exact) mass is 741 g/mol. The van der Waals surface area contributed by atoms with Crippen molar-refractivity contribution >= 4 is 49.3 Å². The van der Waals surface area contributed by atoms with Gasteiger partial charge in [0.25, 0.3) is 5.91 Å². The lowest BCUT2D eigenvalue weighted by Crippen LogP contribution is -2.64. The summed E-state index contributed by atoms with van der Waals surface area (Å²) < 4.78 is 9.65. The normalized spacial score (nSPS) is 25.8. The maximum atomic E-state index is 13.5. The Labute approximate surface area is 317 Å². The average Bonchev–Trinajstić information content (AvgIpc) is 3.70. The van der Waals surface area contributed by atoms with Crippen LogP contribution in [0.15, 0.2) is 73.2 Å². The predicted octanol–water partition coefficient (Wildman–Crippen LogP) is 8.12. The molecule has 4 saturated carbocycles. The summed E-state index contributed by atoms with van der Waals surface area (Å²) in [7, 11) is 0. The van der Waals surface area contributed by atoms with E-state index in [9.17, 15) is 14.7 Å². The molecule has 2 aromatic carbocycles. The van der Waals surface area contributed by atoms with Crippen LogP contribution in [0.5, 0.6) is 0 Å². The van der Waals surface area contributed by atoms with Gasteiger partial charge < -0.3 is 15.6 Å². The summed E-state index contributed by atoms with van der Waals surface area (Å²) in [5.74, 6) is -1.46. The molecule has 4 bridgehead atoms. The van der Waals surface area contributed by atoms with Crippen LogP contribution in [-0.2, 0) is 11.3 Å². The number of fused-ring (bicyclic) bond motifs is 2. The van der Waals surface area contributed by atoms with Crippen LogP contribution in [0.1, 0.15) is 78.9 Å². The molecular weight excluding hydrogens is 699 g/mol. The van der Waals surface area contributed by atoms with Crippen LogP contribution in [-0.4, -0.2) is 60.5 Å². The summed E-state index contributed by atoms with van der Waals surface area (Å²) in [6.07, 6.45) is 11.6. The van der Waals surface area contributed by atoms with Crippen molar-refractivity contribution in [3.63, 3.8) is 0 Å². The summed E-state index contributed by atoms with van der Waals surface area (Å²) in [5.41, 5.74) is 10.7. The van der Waals surface area contributed by atoms with Crippen molar-refractivity contribution in [3.8, 4) is 22.4 Å². The number of ether oxygens (including phenoxy) is 1. The number of hydrogen-bond acceptors (Lipinski definition) is 9. The minimum atomic E-state index is -1.12. The molecule has 1 amide bonds. The van der Waals surface area contributed by atoms with Crippen molar-refractivity contribution < 1.29 is 19.4 Å². The molecule has 4 aromatic heterocycles. The topological polar surface area (TPSA) is 158 Å². The lowest BCUT2D eigenvalue weighted by molar-refractivity contribution is -0.247. The van der Waals surface area contributed by atoms with E-state index in [1.54, 1.807) is 12.4 Å². The van der Waals surface area contributed by atoms with Gasteiger partial charge >= 0.3 is 5.97 Å². The minimum absolute atomic E-state index is 0.0361. The van der Waals surface area contributed by atoms with Crippen molar-refractivity contribution in [1.29, 1.82) is 0 Å². The number of para-hydroxylation sites is 1. The number of carboxylic acids is 1. The van der Waals surface area contributed by atoms with E-state index in [0.717, 1.165) is 65.5 Å². The number of carbonyl (C=O) groups excluding carboxylic acids is 1. The minimum Gasteiger partial charge on any atom is -0.476 e. The zero-order valence-electron chi connectivity index (χ0n) is 30.7. The van der Waals surface area contributed by atoms with Crippen LogP contribution >= 0.6 is 11.3 Å². The number of rotatable bonds is 10. The van der Waals surface area contributed by atoms with Crippen molar-refractivity contribution in [2.75, 3.05) is 18.5 Å². The van der Waals surface area contributed by atoms with Crippen molar-refractivity contribution in [1.82, 2.24) is 24.7 Å². The van der Waals surface area contributed by atoms with Gasteiger partial charge in [0.1, 0.15) is 0 Å². The maximum absolute atomic E-state index is 13.5. The van der Waals surface area contributed by atoms with Crippen LogP contribution in [0.3, 0.4) is 0 Å². The SMILES string of the molecule is Cc1c(-c2ccc(-c3ccc4cncc(C(=O)Nc5nc6ccccc6s5)c4c3)nc2C(=O)O)cnn1CC12CC3(C)CC(C)(C1)CC(OCCN)(C3)C2. The van der Waals surface area contributed by atoms with E-state index >= 15 is 0 Å². The molecule has 2 unspecified atom stereocenters. The molecule has 2 atom stereocenters. The highest BCUT2D eigenvalue weighted by Crippen LogP contribution is 2.72. The van der Waals surface area contributed by atoms with Gasteiger partial charge in [-0.05, 0) is 97.4 Å². The van der Waals surface area contributed by atoms with Gasteiger partial charge in [-0.15, -0.1) is 0 Å². The summed E-state index contributed by atoms with van der Waals surface area (Å²) in [4.78, 5) is 39.9. The molecule has 6 aromatic rings. The smallest absolute Gasteiger partial charge is 0.355 e. The summed E-state index contributed by atoms with van der Waals surface area (Å²) in [5, 5.41) is 20.2. The molecule has 0 spiro atoms. The van der Waals surface area contributed by atoms with E-state index < -0.39 is 5.97 Å². The molecule has 0 radical (unpaired) electrons. The van der Waals surface area contributed by atoms with E-state index in [-0.39, 0.29) is 33.4 Å². The van der Waals surface area contributed by atoms with Gasteiger partial charge in [0.15, 0.2) is 10.8 Å². The second kappa shape index (κ2) is 12.5. The third-order valence-corrected chi connectivity index (χ3v) is 12.9. The molecule has 0 saturated heterocycles. The molecule has 4 aliphatic carbocycles. The Kier molecular flexibility index (Phi) is 8.04. The molecule has 4 aliphatic rings. The summed E-state index contributed by atoms with van der Waals surface area (Å²) in [6, 6.07) is 17.0. The van der Waals surface area contributed by atoms with E-state index in [2.05, 4.69) is 33.8 Å². The van der Waals surface area contributed by atoms with Gasteiger partial charge in [-0.1, -0.05) is 49.4 Å². The molecule has 10 rings (SSSR count). The fourth-order valence-corrected chi connectivity index (χ4v) is 12.1. The largest absolute Gasteiger partial charge is 0.476 e. The van der Waals surface area contributed by atoms with Crippen LogP contribution in [0.25, 0.3) is 43.4 Å². The number of nitrogens with zero attached hydrogens (tertiary/aromatic N) is 5. The van der Waals surface area contributed by atoms with Crippen LogP contribution in [0.4, 0.5) is 5.13 Å². The first-order chi connectivity index (χ1) is 25.9. The quantitative estimate of drug-likeness (QED) is 0.126. The van der Waals surface area contributed by atoms with Crippen molar-refractivity contribution in [3.05, 3.63) is 90.1 Å². The molecule has 0 aliphatic heterocycles. The third kappa shape index (κ3) is 5.96. The summed E-state index contributed by atoms with van der Waals surface area (Å²) >= 11 is 1.40.